The van der Waals surface area contributed by atoms with Crippen LogP contribution in [0.2, 0.25) is 0 Å². The second-order valence-electron chi connectivity index (χ2n) is 6.58. The molecular weight excluding hydrogens is 240 g/mol. The van der Waals surface area contributed by atoms with Crippen molar-refractivity contribution in [3.8, 4) is 0 Å². The molecule has 4 nitrogen and oxygen atoms in total. The highest BCUT2D eigenvalue weighted by molar-refractivity contribution is 5.69. The van der Waals surface area contributed by atoms with E-state index in [9.17, 15) is 4.79 Å². The minimum atomic E-state index is -0.498. The summed E-state index contributed by atoms with van der Waals surface area (Å²) in [5, 5.41) is 0. The Morgan fingerprint density at radius 2 is 1.53 bits per heavy atom. The second kappa shape index (κ2) is 5.51. The third-order valence-corrected chi connectivity index (χ3v) is 2.46. The summed E-state index contributed by atoms with van der Waals surface area (Å²) in [6.45, 7) is 12.0. The fourth-order valence-corrected chi connectivity index (χ4v) is 1.48. The van der Waals surface area contributed by atoms with Gasteiger partial charge in [0.25, 0.3) is 0 Å². The first-order valence-electron chi connectivity index (χ1n) is 6.43. The Bertz CT molecular complexity index is 425. The smallest absolute Gasteiger partial charge is 0.426 e. The summed E-state index contributed by atoms with van der Waals surface area (Å²) in [6, 6.07) is 7.94. The molecule has 1 aromatic carbocycles. The second-order valence-corrected chi connectivity index (χ2v) is 6.58. The van der Waals surface area contributed by atoms with Crippen LogP contribution in [0, 0.1) is 0 Å². The van der Waals surface area contributed by atoms with Gasteiger partial charge in [0.2, 0.25) is 0 Å². The van der Waals surface area contributed by atoms with Crippen LogP contribution in [-0.4, -0.2) is 11.7 Å². The molecule has 1 aromatic rings. The van der Waals surface area contributed by atoms with Crippen molar-refractivity contribution in [2.24, 2.45) is 0 Å². The van der Waals surface area contributed by atoms with E-state index in [-0.39, 0.29) is 5.41 Å². The lowest BCUT2D eigenvalue weighted by molar-refractivity contribution is 0.0541. The summed E-state index contributed by atoms with van der Waals surface area (Å²) < 4.78 is 5.12. The first-order chi connectivity index (χ1) is 8.58. The summed E-state index contributed by atoms with van der Waals surface area (Å²) in [7, 11) is 0. The van der Waals surface area contributed by atoms with E-state index >= 15 is 0 Å². The molecule has 0 saturated heterocycles. The number of ether oxygens (including phenoxy) is 1. The molecule has 0 unspecified atom stereocenters. The van der Waals surface area contributed by atoms with E-state index in [1.165, 1.54) is 5.56 Å². The molecule has 0 bridgehead atoms. The molecule has 0 aromatic heterocycles. The number of anilines is 1. The maximum atomic E-state index is 11.5. The van der Waals surface area contributed by atoms with Gasteiger partial charge >= 0.3 is 6.09 Å². The SMILES string of the molecule is CC(C)(C)OC(=O)NNc1ccc(C(C)(C)C)cc1. The van der Waals surface area contributed by atoms with E-state index in [1.807, 2.05) is 45.0 Å². The summed E-state index contributed by atoms with van der Waals surface area (Å²) in [6.07, 6.45) is -0.493. The maximum absolute atomic E-state index is 11.5. The molecule has 1 rings (SSSR count). The number of carbonyl (C=O) groups excluding carboxylic acids is 1. The lowest BCUT2D eigenvalue weighted by Crippen LogP contribution is -2.35. The van der Waals surface area contributed by atoms with E-state index in [1.54, 1.807) is 0 Å². The predicted octanol–water partition coefficient (Wildman–Crippen LogP) is 3.84. The molecule has 19 heavy (non-hydrogen) atoms. The first-order valence-corrected chi connectivity index (χ1v) is 6.43. The molecule has 0 heterocycles. The highest BCUT2D eigenvalue weighted by atomic mass is 16.6. The van der Waals surface area contributed by atoms with Crippen LogP contribution in [0.3, 0.4) is 0 Å². The van der Waals surface area contributed by atoms with Crippen molar-refractivity contribution >= 4 is 11.8 Å². The number of hydrogen-bond acceptors (Lipinski definition) is 3. The van der Waals surface area contributed by atoms with Crippen molar-refractivity contribution in [1.29, 1.82) is 0 Å². The Hall–Kier alpha value is -1.71. The van der Waals surface area contributed by atoms with Crippen molar-refractivity contribution < 1.29 is 9.53 Å². The molecule has 106 valence electrons. The zero-order chi connectivity index (χ0) is 14.7. The van der Waals surface area contributed by atoms with Crippen molar-refractivity contribution in [2.45, 2.75) is 52.6 Å². The molecule has 0 aliphatic heterocycles. The van der Waals surface area contributed by atoms with E-state index < -0.39 is 11.7 Å². The topological polar surface area (TPSA) is 50.4 Å². The molecule has 2 N–H and O–H groups in total. The summed E-state index contributed by atoms with van der Waals surface area (Å²) in [5.74, 6) is 0. The molecule has 0 aliphatic rings. The van der Waals surface area contributed by atoms with Gasteiger partial charge in [-0.3, -0.25) is 5.43 Å². The number of carbonyl (C=O) groups is 1. The third-order valence-electron chi connectivity index (χ3n) is 2.46. The standard InChI is InChI=1S/C15H24N2O2/c1-14(2,3)11-7-9-12(10-8-11)16-17-13(18)19-15(4,5)6/h7-10,16H,1-6H3,(H,17,18). The number of hydrazine groups is 1. The van der Waals surface area contributed by atoms with E-state index in [0.29, 0.717) is 0 Å². The van der Waals surface area contributed by atoms with Gasteiger partial charge in [0.05, 0.1) is 5.69 Å². The highest BCUT2D eigenvalue weighted by Crippen LogP contribution is 2.23. The molecule has 1 amide bonds. The summed E-state index contributed by atoms with van der Waals surface area (Å²) in [4.78, 5) is 11.5. The lowest BCUT2D eigenvalue weighted by atomic mass is 9.87. The molecule has 0 spiro atoms. The Kier molecular flexibility index (Phi) is 4.45. The maximum Gasteiger partial charge on any atom is 0.426 e. The van der Waals surface area contributed by atoms with Crippen LogP contribution >= 0.6 is 0 Å². The van der Waals surface area contributed by atoms with Crippen LogP contribution in [0.1, 0.15) is 47.1 Å². The quantitative estimate of drug-likeness (QED) is 0.798. The fraction of sp³-hybridized carbons (Fsp3) is 0.533. The Morgan fingerprint density at radius 1 is 1.00 bits per heavy atom. The molecule has 0 aliphatic carbocycles. The molecule has 0 atom stereocenters. The Balaban J connectivity index is 2.53. The Morgan fingerprint density at radius 3 is 1.95 bits per heavy atom. The van der Waals surface area contributed by atoms with Crippen LogP contribution in [-0.2, 0) is 10.2 Å². The average molecular weight is 264 g/mol. The molecule has 0 radical (unpaired) electrons. The first kappa shape index (κ1) is 15.3. The number of nitrogens with one attached hydrogen (secondary N) is 2. The predicted molar refractivity (Wildman–Crippen MR) is 78.1 cm³/mol. The zero-order valence-corrected chi connectivity index (χ0v) is 12.6. The Labute approximate surface area is 115 Å². The van der Waals surface area contributed by atoms with Crippen LogP contribution in [0.15, 0.2) is 24.3 Å². The van der Waals surface area contributed by atoms with Gasteiger partial charge in [0.1, 0.15) is 5.60 Å². The van der Waals surface area contributed by atoms with Gasteiger partial charge in [-0.15, -0.1) is 0 Å². The minimum absolute atomic E-state index is 0.122. The largest absolute Gasteiger partial charge is 0.443 e. The number of benzene rings is 1. The van der Waals surface area contributed by atoms with Gasteiger partial charge in [-0.1, -0.05) is 32.9 Å². The van der Waals surface area contributed by atoms with E-state index in [4.69, 9.17) is 4.74 Å². The molecule has 0 saturated carbocycles. The summed E-state index contributed by atoms with van der Waals surface area (Å²) >= 11 is 0. The number of amides is 1. The van der Waals surface area contributed by atoms with E-state index in [0.717, 1.165) is 5.69 Å². The van der Waals surface area contributed by atoms with Crippen LogP contribution in [0.5, 0.6) is 0 Å². The molecular formula is C15H24N2O2. The fourth-order valence-electron chi connectivity index (χ4n) is 1.48. The minimum Gasteiger partial charge on any atom is -0.443 e. The van der Waals surface area contributed by atoms with Crippen molar-refractivity contribution in [1.82, 2.24) is 5.43 Å². The highest BCUT2D eigenvalue weighted by Gasteiger charge is 2.16. The monoisotopic (exact) mass is 264 g/mol. The number of rotatable bonds is 2. The normalized spacial score (nSPS) is 11.9. The van der Waals surface area contributed by atoms with Crippen molar-refractivity contribution in [3.05, 3.63) is 29.8 Å². The van der Waals surface area contributed by atoms with Gasteiger partial charge in [-0.05, 0) is 43.9 Å². The van der Waals surface area contributed by atoms with Gasteiger partial charge in [-0.25, -0.2) is 10.2 Å². The van der Waals surface area contributed by atoms with Crippen molar-refractivity contribution in [3.63, 3.8) is 0 Å². The van der Waals surface area contributed by atoms with Crippen molar-refractivity contribution in [2.75, 3.05) is 5.43 Å². The van der Waals surface area contributed by atoms with Crippen LogP contribution in [0.25, 0.3) is 0 Å². The average Bonchev–Trinajstić information content (AvgIpc) is 2.23. The molecule has 4 heteroatoms. The van der Waals surface area contributed by atoms with E-state index in [2.05, 4.69) is 31.6 Å². The van der Waals surface area contributed by atoms with Gasteiger partial charge < -0.3 is 4.74 Å². The zero-order valence-electron chi connectivity index (χ0n) is 12.6. The van der Waals surface area contributed by atoms with Gasteiger partial charge in [0.15, 0.2) is 0 Å². The van der Waals surface area contributed by atoms with Gasteiger partial charge in [0, 0.05) is 0 Å². The number of hydrogen-bond donors (Lipinski definition) is 2. The van der Waals surface area contributed by atoms with Gasteiger partial charge in [-0.2, -0.15) is 0 Å². The van der Waals surface area contributed by atoms with Crippen LogP contribution < -0.4 is 10.9 Å². The molecule has 0 fully saturated rings. The summed E-state index contributed by atoms with van der Waals surface area (Å²) in [5.41, 5.74) is 7.01. The van der Waals surface area contributed by atoms with Crippen LogP contribution in [0.4, 0.5) is 10.5 Å². The lowest BCUT2D eigenvalue weighted by Gasteiger charge is -2.21. The third kappa shape index (κ3) is 5.64.